The van der Waals surface area contributed by atoms with Gasteiger partial charge in [0.15, 0.2) is 0 Å². The summed E-state index contributed by atoms with van der Waals surface area (Å²) >= 11 is 6.08. The molecule has 1 aromatic carbocycles. The zero-order chi connectivity index (χ0) is 14.4. The number of amides is 1. The van der Waals surface area contributed by atoms with Crippen molar-refractivity contribution in [3.63, 3.8) is 0 Å². The number of nitrogens with one attached hydrogen (secondary N) is 1. The molecule has 2 N–H and O–H groups in total. The molecule has 4 heteroatoms. The molecule has 0 aliphatic heterocycles. The number of rotatable bonds is 5. The number of aliphatic hydroxyl groups excluding tert-OH is 1. The number of benzene rings is 1. The van der Waals surface area contributed by atoms with Crippen molar-refractivity contribution in [1.29, 1.82) is 0 Å². The van der Waals surface area contributed by atoms with Crippen LogP contribution >= 0.6 is 11.6 Å². The molecule has 1 fully saturated rings. The Morgan fingerprint density at radius 2 is 1.95 bits per heavy atom. The predicted octanol–water partition coefficient (Wildman–Crippen LogP) is 2.94. The van der Waals surface area contributed by atoms with Gasteiger partial charge in [0.25, 0.3) is 0 Å². The third-order valence-corrected chi connectivity index (χ3v) is 4.42. The molecular weight excluding hydrogens is 274 g/mol. The Balaban J connectivity index is 1.72. The van der Waals surface area contributed by atoms with E-state index in [1.807, 2.05) is 24.3 Å². The average molecular weight is 296 g/mol. The normalized spacial score (nSPS) is 22.5. The van der Waals surface area contributed by atoms with Gasteiger partial charge in [0.1, 0.15) is 0 Å². The summed E-state index contributed by atoms with van der Waals surface area (Å²) in [5.41, 5.74) is 1.02. The monoisotopic (exact) mass is 295 g/mol. The van der Waals surface area contributed by atoms with Gasteiger partial charge in [0, 0.05) is 24.1 Å². The largest absolute Gasteiger partial charge is 0.396 e. The van der Waals surface area contributed by atoms with Gasteiger partial charge in [-0.2, -0.15) is 0 Å². The molecule has 0 saturated heterocycles. The molecule has 110 valence electrons. The predicted molar refractivity (Wildman–Crippen MR) is 80.7 cm³/mol. The molecule has 0 radical (unpaired) electrons. The lowest BCUT2D eigenvalue weighted by atomic mass is 9.86. The maximum Gasteiger partial charge on any atom is 0.220 e. The van der Waals surface area contributed by atoms with Crippen molar-refractivity contribution in [2.45, 2.75) is 44.6 Å². The highest BCUT2D eigenvalue weighted by atomic mass is 35.5. The first-order chi connectivity index (χ1) is 9.69. The lowest BCUT2D eigenvalue weighted by molar-refractivity contribution is -0.122. The van der Waals surface area contributed by atoms with E-state index >= 15 is 0 Å². The van der Waals surface area contributed by atoms with Crippen LogP contribution in [0.25, 0.3) is 0 Å². The van der Waals surface area contributed by atoms with E-state index in [4.69, 9.17) is 16.7 Å². The van der Waals surface area contributed by atoms with Gasteiger partial charge in [-0.05, 0) is 49.7 Å². The smallest absolute Gasteiger partial charge is 0.220 e. The molecule has 2 rings (SSSR count). The lowest BCUT2D eigenvalue weighted by Gasteiger charge is -2.28. The molecule has 0 unspecified atom stereocenters. The van der Waals surface area contributed by atoms with Crippen LogP contribution in [0.1, 0.15) is 37.7 Å². The Hall–Kier alpha value is -1.06. The second-order valence-electron chi connectivity index (χ2n) is 5.56. The number of halogens is 1. The Morgan fingerprint density at radius 1 is 1.25 bits per heavy atom. The number of aryl methyl sites for hydroxylation is 1. The summed E-state index contributed by atoms with van der Waals surface area (Å²) in [4.78, 5) is 11.9. The quantitative estimate of drug-likeness (QED) is 0.877. The van der Waals surface area contributed by atoms with E-state index in [9.17, 15) is 4.79 Å². The summed E-state index contributed by atoms with van der Waals surface area (Å²) < 4.78 is 0. The average Bonchev–Trinajstić information content (AvgIpc) is 2.47. The molecule has 1 aliphatic carbocycles. The Bertz CT molecular complexity index is 442. The SMILES string of the molecule is O=C(CCc1ccccc1Cl)NC1CCC(CO)CC1. The zero-order valence-corrected chi connectivity index (χ0v) is 12.4. The Morgan fingerprint density at radius 3 is 2.60 bits per heavy atom. The fraction of sp³-hybridized carbons (Fsp3) is 0.562. The van der Waals surface area contributed by atoms with Crippen molar-refractivity contribution in [3.05, 3.63) is 34.9 Å². The van der Waals surface area contributed by atoms with Crippen molar-refractivity contribution in [2.24, 2.45) is 5.92 Å². The van der Waals surface area contributed by atoms with Crippen molar-refractivity contribution < 1.29 is 9.90 Å². The van der Waals surface area contributed by atoms with Crippen LogP contribution in [0, 0.1) is 5.92 Å². The van der Waals surface area contributed by atoms with Gasteiger partial charge in [-0.3, -0.25) is 4.79 Å². The molecule has 0 heterocycles. The lowest BCUT2D eigenvalue weighted by Crippen LogP contribution is -2.38. The molecular formula is C16H22ClNO2. The molecule has 20 heavy (non-hydrogen) atoms. The third kappa shape index (κ3) is 4.50. The summed E-state index contributed by atoms with van der Waals surface area (Å²) in [6.45, 7) is 0.271. The molecule has 0 bridgehead atoms. The van der Waals surface area contributed by atoms with Gasteiger partial charge in [-0.15, -0.1) is 0 Å². The summed E-state index contributed by atoms with van der Waals surface area (Å²) in [6, 6.07) is 7.92. The highest BCUT2D eigenvalue weighted by Crippen LogP contribution is 2.24. The van der Waals surface area contributed by atoms with E-state index < -0.39 is 0 Å². The minimum Gasteiger partial charge on any atom is -0.396 e. The number of carbonyl (C=O) groups is 1. The van der Waals surface area contributed by atoms with Gasteiger partial charge < -0.3 is 10.4 Å². The summed E-state index contributed by atoms with van der Waals surface area (Å²) in [5.74, 6) is 0.517. The van der Waals surface area contributed by atoms with Crippen LogP contribution < -0.4 is 5.32 Å². The summed E-state index contributed by atoms with van der Waals surface area (Å²) in [5, 5.41) is 12.9. The first-order valence-electron chi connectivity index (χ1n) is 7.32. The third-order valence-electron chi connectivity index (χ3n) is 4.05. The van der Waals surface area contributed by atoms with Crippen LogP contribution in [-0.2, 0) is 11.2 Å². The van der Waals surface area contributed by atoms with Crippen molar-refractivity contribution >= 4 is 17.5 Å². The highest BCUT2D eigenvalue weighted by molar-refractivity contribution is 6.31. The molecule has 1 saturated carbocycles. The Kier molecular flexibility index (Phi) is 5.86. The molecule has 0 atom stereocenters. The first kappa shape index (κ1) is 15.3. The molecule has 3 nitrogen and oxygen atoms in total. The van der Waals surface area contributed by atoms with Crippen molar-refractivity contribution in [3.8, 4) is 0 Å². The summed E-state index contributed by atoms with van der Waals surface area (Å²) in [7, 11) is 0. The van der Waals surface area contributed by atoms with Gasteiger partial charge in [0.2, 0.25) is 5.91 Å². The van der Waals surface area contributed by atoms with Gasteiger partial charge in [0.05, 0.1) is 0 Å². The highest BCUT2D eigenvalue weighted by Gasteiger charge is 2.21. The van der Waals surface area contributed by atoms with Crippen LogP contribution in [0.3, 0.4) is 0 Å². The molecule has 1 aliphatic rings. The zero-order valence-electron chi connectivity index (χ0n) is 11.6. The maximum absolute atomic E-state index is 11.9. The molecule has 1 aromatic rings. The summed E-state index contributed by atoms with van der Waals surface area (Å²) in [6.07, 6.45) is 5.12. The van der Waals surface area contributed by atoms with Crippen LogP contribution in [0.2, 0.25) is 5.02 Å². The minimum absolute atomic E-state index is 0.0948. The number of hydrogen-bond donors (Lipinski definition) is 2. The Labute approximate surface area is 125 Å². The van der Waals surface area contributed by atoms with Crippen LogP contribution in [0.4, 0.5) is 0 Å². The fourth-order valence-corrected chi connectivity index (χ4v) is 2.97. The van der Waals surface area contributed by atoms with Gasteiger partial charge in [-0.25, -0.2) is 0 Å². The second kappa shape index (κ2) is 7.65. The first-order valence-corrected chi connectivity index (χ1v) is 7.70. The number of aliphatic hydroxyl groups is 1. The van der Waals surface area contributed by atoms with Crippen molar-refractivity contribution in [2.75, 3.05) is 6.61 Å². The maximum atomic E-state index is 11.9. The van der Waals surface area contributed by atoms with E-state index in [2.05, 4.69) is 5.32 Å². The number of hydrogen-bond acceptors (Lipinski definition) is 2. The van der Waals surface area contributed by atoms with E-state index in [1.165, 1.54) is 0 Å². The van der Waals surface area contributed by atoms with Gasteiger partial charge >= 0.3 is 0 Å². The van der Waals surface area contributed by atoms with Gasteiger partial charge in [-0.1, -0.05) is 29.8 Å². The van der Waals surface area contributed by atoms with Crippen LogP contribution in [0.5, 0.6) is 0 Å². The van der Waals surface area contributed by atoms with E-state index in [1.54, 1.807) is 0 Å². The molecule has 0 spiro atoms. The van der Waals surface area contributed by atoms with Crippen molar-refractivity contribution in [1.82, 2.24) is 5.32 Å². The van der Waals surface area contributed by atoms with E-state index in [0.29, 0.717) is 18.8 Å². The fourth-order valence-electron chi connectivity index (χ4n) is 2.74. The topological polar surface area (TPSA) is 49.3 Å². The second-order valence-corrected chi connectivity index (χ2v) is 5.97. The van der Waals surface area contributed by atoms with Crippen LogP contribution in [0.15, 0.2) is 24.3 Å². The minimum atomic E-state index is 0.0948. The standard InChI is InChI=1S/C16H22ClNO2/c17-15-4-2-1-3-13(15)7-10-16(20)18-14-8-5-12(11-19)6-9-14/h1-4,12,14,19H,5-11H2,(H,18,20). The van der Waals surface area contributed by atoms with Crippen LogP contribution in [-0.4, -0.2) is 23.7 Å². The number of carbonyl (C=O) groups excluding carboxylic acids is 1. The van der Waals surface area contributed by atoms with E-state index in [0.717, 1.165) is 36.3 Å². The van der Waals surface area contributed by atoms with E-state index in [-0.39, 0.29) is 18.6 Å². The molecule has 1 amide bonds. The molecule has 0 aromatic heterocycles.